The highest BCUT2D eigenvalue weighted by molar-refractivity contribution is 6.27. The van der Waals surface area contributed by atoms with Gasteiger partial charge in [-0.15, -0.1) is 0 Å². The second-order valence-corrected chi connectivity index (χ2v) is 10.0. The molecule has 8 aromatic rings. The first-order valence-corrected chi connectivity index (χ1v) is 13.0. The van der Waals surface area contributed by atoms with Crippen LogP contribution in [0.1, 0.15) is 0 Å². The summed E-state index contributed by atoms with van der Waals surface area (Å²) in [4.78, 5) is 4.81. The van der Waals surface area contributed by atoms with Crippen molar-refractivity contribution in [3.8, 4) is 33.5 Å². The van der Waals surface area contributed by atoms with E-state index in [0.717, 1.165) is 5.69 Å². The van der Waals surface area contributed by atoms with Crippen LogP contribution in [0.5, 0.6) is 0 Å². The van der Waals surface area contributed by atoms with Crippen LogP contribution < -0.4 is 0 Å². The van der Waals surface area contributed by atoms with Gasteiger partial charge < -0.3 is 0 Å². The lowest BCUT2D eigenvalue weighted by molar-refractivity contribution is 1.33. The summed E-state index contributed by atoms with van der Waals surface area (Å²) in [5.41, 5.74) is 7.07. The van der Waals surface area contributed by atoms with Crippen molar-refractivity contribution in [2.75, 3.05) is 0 Å². The molecule has 0 aliphatic heterocycles. The molecule has 1 heteroatoms. The van der Waals surface area contributed by atoms with Crippen molar-refractivity contribution in [1.29, 1.82) is 0 Å². The molecular weight excluding hydrogens is 458 g/mol. The number of nitrogens with zero attached hydrogens (tertiary/aromatic N) is 1. The van der Waals surface area contributed by atoms with E-state index >= 15 is 0 Å². The van der Waals surface area contributed by atoms with Crippen LogP contribution in [-0.2, 0) is 0 Å². The van der Waals surface area contributed by atoms with Gasteiger partial charge in [-0.3, -0.25) is 4.98 Å². The Kier molecular flexibility index (Phi) is 4.59. The molecule has 0 atom stereocenters. The van der Waals surface area contributed by atoms with Gasteiger partial charge in [0.05, 0.1) is 5.69 Å². The Hall–Kier alpha value is -5.01. The third-order valence-electron chi connectivity index (χ3n) is 7.87. The van der Waals surface area contributed by atoms with Crippen molar-refractivity contribution >= 4 is 43.1 Å². The first kappa shape index (κ1) is 21.1. The van der Waals surface area contributed by atoms with E-state index in [1.165, 1.54) is 70.9 Å². The molecule has 0 spiro atoms. The molecule has 38 heavy (non-hydrogen) atoms. The van der Waals surface area contributed by atoms with E-state index in [1.807, 2.05) is 6.20 Å². The third-order valence-corrected chi connectivity index (χ3v) is 7.87. The van der Waals surface area contributed by atoms with Crippen LogP contribution in [0.15, 0.2) is 140 Å². The summed E-state index contributed by atoms with van der Waals surface area (Å²) in [6.45, 7) is 0. The molecule has 0 bridgehead atoms. The van der Waals surface area contributed by atoms with Crippen molar-refractivity contribution in [3.63, 3.8) is 0 Å². The molecule has 1 heterocycles. The number of hydrogen-bond acceptors (Lipinski definition) is 1. The Morgan fingerprint density at radius 1 is 0.368 bits per heavy atom. The second-order valence-electron chi connectivity index (χ2n) is 10.0. The summed E-state index contributed by atoms with van der Waals surface area (Å²) in [6, 6.07) is 48.3. The average Bonchev–Trinajstić information content (AvgIpc) is 3.00. The van der Waals surface area contributed by atoms with Gasteiger partial charge in [-0.25, -0.2) is 0 Å². The summed E-state index contributed by atoms with van der Waals surface area (Å²) in [6.07, 6.45) is 1.92. The zero-order valence-corrected chi connectivity index (χ0v) is 20.7. The smallest absolute Gasteiger partial charge is 0.0714 e. The van der Waals surface area contributed by atoms with Crippen molar-refractivity contribution in [3.05, 3.63) is 140 Å². The maximum Gasteiger partial charge on any atom is 0.0714 e. The van der Waals surface area contributed by atoms with Crippen LogP contribution in [0.3, 0.4) is 0 Å². The SMILES string of the molecule is c1ccc(-c2ccnc(-c3ccc4ccc5c(-c6ccc7ccccc7c6)ccc6ccc3c4c65)c2)cc1. The summed E-state index contributed by atoms with van der Waals surface area (Å²) in [7, 11) is 0. The quantitative estimate of drug-likeness (QED) is 0.229. The molecule has 0 saturated heterocycles. The normalized spacial score (nSPS) is 11.7. The molecule has 0 aliphatic carbocycles. The van der Waals surface area contributed by atoms with E-state index in [9.17, 15) is 0 Å². The predicted octanol–water partition coefficient (Wildman–Crippen LogP) is 10.1. The molecule has 176 valence electrons. The van der Waals surface area contributed by atoms with Gasteiger partial charge in [0, 0.05) is 11.8 Å². The van der Waals surface area contributed by atoms with Crippen LogP contribution in [-0.4, -0.2) is 4.98 Å². The number of benzene rings is 7. The molecular formula is C37H23N. The number of rotatable bonds is 3. The zero-order valence-electron chi connectivity index (χ0n) is 20.7. The number of pyridine rings is 1. The Bertz CT molecular complexity index is 2120. The van der Waals surface area contributed by atoms with Crippen LogP contribution in [0.2, 0.25) is 0 Å². The minimum absolute atomic E-state index is 0.999. The van der Waals surface area contributed by atoms with Crippen molar-refractivity contribution < 1.29 is 0 Å². The molecule has 0 saturated carbocycles. The topological polar surface area (TPSA) is 12.9 Å². The van der Waals surface area contributed by atoms with Crippen LogP contribution in [0.25, 0.3) is 76.6 Å². The fraction of sp³-hybridized carbons (Fsp3) is 0. The fourth-order valence-corrected chi connectivity index (χ4v) is 6.02. The summed E-state index contributed by atoms with van der Waals surface area (Å²) in [5, 5.41) is 10.2. The molecule has 0 aliphatic rings. The van der Waals surface area contributed by atoms with Gasteiger partial charge in [0.25, 0.3) is 0 Å². The molecule has 7 aromatic carbocycles. The van der Waals surface area contributed by atoms with E-state index in [4.69, 9.17) is 4.98 Å². The van der Waals surface area contributed by atoms with Gasteiger partial charge in [0.15, 0.2) is 0 Å². The molecule has 1 nitrogen and oxygen atoms in total. The van der Waals surface area contributed by atoms with E-state index in [1.54, 1.807) is 0 Å². The Balaban J connectivity index is 1.37. The number of hydrogen-bond donors (Lipinski definition) is 0. The minimum atomic E-state index is 0.999. The third kappa shape index (κ3) is 3.22. The predicted molar refractivity (Wildman–Crippen MR) is 162 cm³/mol. The first-order valence-electron chi connectivity index (χ1n) is 13.0. The highest BCUT2D eigenvalue weighted by Crippen LogP contribution is 2.42. The second kappa shape index (κ2) is 8.26. The highest BCUT2D eigenvalue weighted by atomic mass is 14.7. The Labute approximate surface area is 221 Å². The van der Waals surface area contributed by atoms with Gasteiger partial charge >= 0.3 is 0 Å². The molecule has 0 amide bonds. The standard InChI is InChI=1S/C37H23N/c1-2-6-24(7-3-1)29-20-21-38-35(23-29)32-17-13-27-14-18-33-31(16-12-26-15-19-34(32)37(27)36(26)33)30-11-10-25-8-4-5-9-28(25)22-30/h1-23H. The summed E-state index contributed by atoms with van der Waals surface area (Å²) >= 11 is 0. The minimum Gasteiger partial charge on any atom is -0.256 e. The largest absolute Gasteiger partial charge is 0.256 e. The van der Waals surface area contributed by atoms with Crippen molar-refractivity contribution in [1.82, 2.24) is 4.98 Å². The Morgan fingerprint density at radius 2 is 1.00 bits per heavy atom. The van der Waals surface area contributed by atoms with E-state index in [0.29, 0.717) is 0 Å². The van der Waals surface area contributed by atoms with Gasteiger partial charge in [0.1, 0.15) is 0 Å². The van der Waals surface area contributed by atoms with Crippen LogP contribution >= 0.6 is 0 Å². The zero-order chi connectivity index (χ0) is 25.1. The van der Waals surface area contributed by atoms with E-state index < -0.39 is 0 Å². The van der Waals surface area contributed by atoms with E-state index in [2.05, 4.69) is 133 Å². The molecule has 0 radical (unpaired) electrons. The van der Waals surface area contributed by atoms with Gasteiger partial charge in [0.2, 0.25) is 0 Å². The van der Waals surface area contributed by atoms with Gasteiger partial charge in [-0.2, -0.15) is 0 Å². The molecule has 0 unspecified atom stereocenters. The average molecular weight is 482 g/mol. The van der Waals surface area contributed by atoms with Gasteiger partial charge in [-0.05, 0) is 83.5 Å². The van der Waals surface area contributed by atoms with Crippen molar-refractivity contribution in [2.24, 2.45) is 0 Å². The first-order chi connectivity index (χ1) is 18.8. The van der Waals surface area contributed by atoms with Crippen LogP contribution in [0.4, 0.5) is 0 Å². The lowest BCUT2D eigenvalue weighted by atomic mass is 9.87. The lowest BCUT2D eigenvalue weighted by Gasteiger charge is -2.16. The molecule has 1 aromatic heterocycles. The monoisotopic (exact) mass is 481 g/mol. The lowest BCUT2D eigenvalue weighted by Crippen LogP contribution is -1.91. The van der Waals surface area contributed by atoms with Crippen molar-refractivity contribution in [2.45, 2.75) is 0 Å². The fourth-order valence-electron chi connectivity index (χ4n) is 6.02. The molecule has 8 rings (SSSR count). The maximum atomic E-state index is 4.81. The van der Waals surface area contributed by atoms with Crippen LogP contribution in [0, 0.1) is 0 Å². The number of aromatic nitrogens is 1. The van der Waals surface area contributed by atoms with E-state index in [-0.39, 0.29) is 0 Å². The molecule has 0 N–H and O–H groups in total. The van der Waals surface area contributed by atoms with Gasteiger partial charge in [-0.1, -0.05) is 115 Å². The Morgan fingerprint density at radius 3 is 1.79 bits per heavy atom. The summed E-state index contributed by atoms with van der Waals surface area (Å²) in [5.74, 6) is 0. The highest BCUT2D eigenvalue weighted by Gasteiger charge is 2.15. The summed E-state index contributed by atoms with van der Waals surface area (Å²) < 4.78 is 0. The number of fused-ring (bicyclic) bond motifs is 1. The maximum absolute atomic E-state index is 4.81. The molecule has 0 fully saturated rings.